The van der Waals surface area contributed by atoms with Gasteiger partial charge in [0, 0.05) is 12.7 Å². The molecule has 2 N–H and O–H groups in total. The number of nitrogens with zero attached hydrogens (tertiary/aromatic N) is 2. The van der Waals surface area contributed by atoms with Gasteiger partial charge in [0.15, 0.2) is 0 Å². The molecule has 0 aromatic carbocycles. The Balaban J connectivity index is 2.52. The summed E-state index contributed by atoms with van der Waals surface area (Å²) in [5.41, 5.74) is -0.406. The van der Waals surface area contributed by atoms with E-state index in [1.807, 2.05) is 0 Å². The number of aromatic nitrogens is 2. The van der Waals surface area contributed by atoms with Gasteiger partial charge in [-0.3, -0.25) is 4.68 Å². The van der Waals surface area contributed by atoms with Gasteiger partial charge in [0.05, 0.1) is 24.6 Å². The summed E-state index contributed by atoms with van der Waals surface area (Å²) in [7, 11) is 0. The normalized spacial score (nSPS) is 12.1. The van der Waals surface area contributed by atoms with E-state index in [9.17, 15) is 14.0 Å². The highest BCUT2D eigenvalue weighted by molar-refractivity contribution is 5.86. The number of halogens is 1. The molecule has 0 atom stereocenters. The van der Waals surface area contributed by atoms with Crippen molar-refractivity contribution in [2.75, 3.05) is 6.54 Å². The number of alkyl carbamates (subject to hydrolysis) is 1. The molecule has 1 rings (SSSR count). The van der Waals surface area contributed by atoms with Gasteiger partial charge < -0.3 is 15.2 Å². The zero-order valence-corrected chi connectivity index (χ0v) is 12.1. The van der Waals surface area contributed by atoms with Crippen molar-refractivity contribution in [1.82, 2.24) is 15.1 Å². The van der Waals surface area contributed by atoms with E-state index >= 15 is 0 Å². The number of hydrogen-bond donors (Lipinski definition) is 2. The number of carboxylic acids is 1. The Morgan fingerprint density at radius 3 is 2.67 bits per heavy atom. The molecule has 0 fully saturated rings. The SMILES string of the molecule is CC(C)(C)OC(=O)NC/C(=C\F)Cn1cc(C(=O)O)cn1. The monoisotopic (exact) mass is 299 g/mol. The van der Waals surface area contributed by atoms with Crippen LogP contribution in [0.3, 0.4) is 0 Å². The number of carbonyl (C=O) groups is 2. The number of nitrogens with one attached hydrogen (secondary N) is 1. The van der Waals surface area contributed by atoms with Gasteiger partial charge in [0.2, 0.25) is 0 Å². The lowest BCUT2D eigenvalue weighted by atomic mass is 10.2. The Hall–Kier alpha value is -2.38. The minimum absolute atomic E-state index is 0.00769. The molecule has 8 heteroatoms. The van der Waals surface area contributed by atoms with Gasteiger partial charge in [0.1, 0.15) is 5.60 Å². The van der Waals surface area contributed by atoms with Crippen LogP contribution >= 0.6 is 0 Å². The van der Waals surface area contributed by atoms with Crippen LogP contribution in [0.25, 0.3) is 0 Å². The molecular weight excluding hydrogens is 281 g/mol. The largest absolute Gasteiger partial charge is 0.478 e. The van der Waals surface area contributed by atoms with E-state index < -0.39 is 17.7 Å². The van der Waals surface area contributed by atoms with Crippen molar-refractivity contribution in [2.24, 2.45) is 0 Å². The standard InChI is InChI=1S/C13H18FN3O4/c1-13(2,3)21-12(20)15-5-9(4-14)7-17-8-10(6-16-17)11(18)19/h4,6,8H,5,7H2,1-3H3,(H,15,20)(H,18,19)/b9-4+. The van der Waals surface area contributed by atoms with E-state index in [0.717, 1.165) is 0 Å². The molecule has 116 valence electrons. The summed E-state index contributed by atoms with van der Waals surface area (Å²) in [6, 6.07) is 0. The minimum atomic E-state index is -1.11. The number of rotatable bonds is 5. The van der Waals surface area contributed by atoms with Crippen LogP contribution in [0.15, 0.2) is 24.3 Å². The van der Waals surface area contributed by atoms with Crippen LogP contribution in [-0.2, 0) is 11.3 Å². The molecule has 1 aromatic heterocycles. The van der Waals surface area contributed by atoms with Crippen LogP contribution in [0.4, 0.5) is 9.18 Å². The highest BCUT2D eigenvalue weighted by Crippen LogP contribution is 2.07. The van der Waals surface area contributed by atoms with Crippen molar-refractivity contribution >= 4 is 12.1 Å². The van der Waals surface area contributed by atoms with Gasteiger partial charge in [-0.2, -0.15) is 5.10 Å². The lowest BCUT2D eigenvalue weighted by molar-refractivity contribution is 0.0531. The first kappa shape index (κ1) is 16.7. The van der Waals surface area contributed by atoms with Crippen LogP contribution in [0.1, 0.15) is 31.1 Å². The second kappa shape index (κ2) is 6.87. The Bertz CT molecular complexity index is 546. The van der Waals surface area contributed by atoms with Gasteiger partial charge in [-0.15, -0.1) is 0 Å². The summed E-state index contributed by atoms with van der Waals surface area (Å²) in [5, 5.41) is 15.0. The van der Waals surface area contributed by atoms with E-state index in [1.165, 1.54) is 17.1 Å². The number of carbonyl (C=O) groups excluding carboxylic acids is 1. The summed E-state index contributed by atoms with van der Waals surface area (Å²) < 4.78 is 19.1. The summed E-state index contributed by atoms with van der Waals surface area (Å²) in [5.74, 6) is -1.11. The smallest absolute Gasteiger partial charge is 0.407 e. The molecule has 0 saturated carbocycles. The molecule has 1 amide bonds. The van der Waals surface area contributed by atoms with Crippen molar-refractivity contribution in [2.45, 2.75) is 32.9 Å². The number of hydrogen-bond acceptors (Lipinski definition) is 4. The molecular formula is C13H18FN3O4. The maximum absolute atomic E-state index is 12.8. The van der Waals surface area contributed by atoms with Gasteiger partial charge in [-0.1, -0.05) is 0 Å². The van der Waals surface area contributed by atoms with E-state index in [1.54, 1.807) is 20.8 Å². The number of ether oxygens (including phenoxy) is 1. The van der Waals surface area contributed by atoms with E-state index in [-0.39, 0.29) is 24.2 Å². The van der Waals surface area contributed by atoms with Gasteiger partial charge in [-0.05, 0) is 26.3 Å². The third-order valence-electron chi connectivity index (χ3n) is 2.26. The minimum Gasteiger partial charge on any atom is -0.478 e. The summed E-state index contributed by atoms with van der Waals surface area (Å²) in [4.78, 5) is 22.1. The fourth-order valence-corrected chi connectivity index (χ4v) is 1.40. The van der Waals surface area contributed by atoms with Crippen LogP contribution in [0, 0.1) is 0 Å². The first-order chi connectivity index (χ1) is 9.71. The number of carboxylic acid groups (broad SMARTS) is 1. The van der Waals surface area contributed by atoms with E-state index in [4.69, 9.17) is 9.84 Å². The lowest BCUT2D eigenvalue weighted by Gasteiger charge is -2.19. The summed E-state index contributed by atoms with van der Waals surface area (Å²) in [6.07, 6.45) is 2.13. The summed E-state index contributed by atoms with van der Waals surface area (Å²) >= 11 is 0. The molecule has 0 aliphatic rings. The molecule has 7 nitrogen and oxygen atoms in total. The Morgan fingerprint density at radius 1 is 1.52 bits per heavy atom. The molecule has 0 spiro atoms. The van der Waals surface area contributed by atoms with Gasteiger partial charge >= 0.3 is 12.1 Å². The maximum atomic E-state index is 12.8. The van der Waals surface area contributed by atoms with Crippen LogP contribution in [-0.4, -0.2) is 39.1 Å². The molecule has 1 aromatic rings. The highest BCUT2D eigenvalue weighted by Gasteiger charge is 2.16. The average Bonchev–Trinajstić information content (AvgIpc) is 2.80. The van der Waals surface area contributed by atoms with Crippen molar-refractivity contribution in [3.8, 4) is 0 Å². The van der Waals surface area contributed by atoms with Crippen molar-refractivity contribution in [1.29, 1.82) is 0 Å². The quantitative estimate of drug-likeness (QED) is 0.867. The average molecular weight is 299 g/mol. The lowest BCUT2D eigenvalue weighted by Crippen LogP contribution is -2.34. The Kier molecular flexibility index (Phi) is 5.45. The zero-order valence-electron chi connectivity index (χ0n) is 12.1. The predicted octanol–water partition coefficient (Wildman–Crippen LogP) is 1.96. The fourth-order valence-electron chi connectivity index (χ4n) is 1.40. The topological polar surface area (TPSA) is 93.5 Å². The van der Waals surface area contributed by atoms with Crippen molar-refractivity contribution in [3.05, 3.63) is 29.9 Å². The molecule has 0 unspecified atom stereocenters. The second-order valence-corrected chi connectivity index (χ2v) is 5.35. The first-order valence-electron chi connectivity index (χ1n) is 6.22. The van der Waals surface area contributed by atoms with Crippen LogP contribution < -0.4 is 5.32 Å². The molecule has 21 heavy (non-hydrogen) atoms. The van der Waals surface area contributed by atoms with Gasteiger partial charge in [0.25, 0.3) is 0 Å². The van der Waals surface area contributed by atoms with Crippen molar-refractivity contribution in [3.63, 3.8) is 0 Å². The van der Waals surface area contributed by atoms with Crippen LogP contribution in [0.2, 0.25) is 0 Å². The third-order valence-corrected chi connectivity index (χ3v) is 2.26. The molecule has 0 bridgehead atoms. The maximum Gasteiger partial charge on any atom is 0.407 e. The molecule has 0 radical (unpaired) electrons. The van der Waals surface area contributed by atoms with E-state index in [2.05, 4.69) is 10.4 Å². The summed E-state index contributed by atoms with van der Waals surface area (Å²) in [6.45, 7) is 5.12. The van der Waals surface area contributed by atoms with Crippen LogP contribution in [0.5, 0.6) is 0 Å². The fraction of sp³-hybridized carbons (Fsp3) is 0.462. The Morgan fingerprint density at radius 2 is 2.19 bits per heavy atom. The zero-order chi connectivity index (χ0) is 16.0. The predicted molar refractivity (Wildman–Crippen MR) is 72.6 cm³/mol. The Labute approximate surface area is 121 Å². The third kappa shape index (κ3) is 6.07. The number of aromatic carboxylic acids is 1. The highest BCUT2D eigenvalue weighted by atomic mass is 19.1. The molecule has 0 aliphatic heterocycles. The van der Waals surface area contributed by atoms with E-state index in [0.29, 0.717) is 6.33 Å². The van der Waals surface area contributed by atoms with Gasteiger partial charge in [-0.25, -0.2) is 14.0 Å². The molecule has 0 aliphatic carbocycles. The number of amides is 1. The first-order valence-corrected chi connectivity index (χ1v) is 6.22. The van der Waals surface area contributed by atoms with Crippen molar-refractivity contribution < 1.29 is 23.8 Å². The second-order valence-electron chi connectivity index (χ2n) is 5.35. The molecule has 0 saturated heterocycles. The molecule has 1 heterocycles.